The Morgan fingerprint density at radius 2 is 1.63 bits per heavy atom. The van der Waals surface area contributed by atoms with E-state index in [4.69, 9.17) is 11.6 Å². The minimum atomic E-state index is -0.112. The Balaban J connectivity index is 1.77. The Labute approximate surface area is 167 Å². The summed E-state index contributed by atoms with van der Waals surface area (Å²) in [5.41, 5.74) is 2.53. The van der Waals surface area contributed by atoms with Gasteiger partial charge in [-0.05, 0) is 54.4 Å². The maximum absolute atomic E-state index is 12.8. The summed E-state index contributed by atoms with van der Waals surface area (Å²) in [5.74, 6) is -0.207. The minimum absolute atomic E-state index is 0.0952. The molecule has 4 nitrogen and oxygen atoms in total. The lowest BCUT2D eigenvalue weighted by Gasteiger charge is -2.12. The van der Waals surface area contributed by atoms with Gasteiger partial charge in [0.25, 0.3) is 0 Å². The third-order valence-electron chi connectivity index (χ3n) is 3.72. The first-order chi connectivity index (χ1) is 13.0. The van der Waals surface area contributed by atoms with E-state index in [2.05, 4.69) is 10.0 Å². The van der Waals surface area contributed by atoms with Crippen molar-refractivity contribution in [3.8, 4) is 0 Å². The van der Waals surface area contributed by atoms with Crippen LogP contribution in [0.1, 0.15) is 22.8 Å². The fourth-order valence-corrected chi connectivity index (χ4v) is 3.31. The van der Waals surface area contributed by atoms with E-state index < -0.39 is 0 Å². The van der Waals surface area contributed by atoms with Gasteiger partial charge in [-0.2, -0.15) is 0 Å². The number of rotatable bonds is 6. The number of hydrogen-bond donors (Lipinski definition) is 2. The predicted molar refractivity (Wildman–Crippen MR) is 112 cm³/mol. The molecule has 0 bridgehead atoms. The second-order valence-electron chi connectivity index (χ2n) is 5.79. The van der Waals surface area contributed by atoms with Crippen LogP contribution in [0.4, 0.5) is 11.4 Å². The summed E-state index contributed by atoms with van der Waals surface area (Å²) in [6, 6.07) is 21.7. The SMILES string of the molecule is CC(=O)Nc1ccc(SNc2ccc(Cl)cc2C(=O)c2ccccc2)cc1. The molecule has 0 fully saturated rings. The number of amides is 1. The summed E-state index contributed by atoms with van der Waals surface area (Å²) in [6.07, 6.45) is 0. The highest BCUT2D eigenvalue weighted by molar-refractivity contribution is 8.00. The van der Waals surface area contributed by atoms with Gasteiger partial charge in [0, 0.05) is 33.7 Å². The Morgan fingerprint density at radius 1 is 0.926 bits per heavy atom. The van der Waals surface area contributed by atoms with Gasteiger partial charge in [0.1, 0.15) is 0 Å². The molecular formula is C21H17ClN2O2S. The van der Waals surface area contributed by atoms with Crippen molar-refractivity contribution in [1.82, 2.24) is 0 Å². The van der Waals surface area contributed by atoms with E-state index in [1.54, 1.807) is 30.3 Å². The molecule has 3 aromatic carbocycles. The van der Waals surface area contributed by atoms with Crippen LogP contribution in [-0.2, 0) is 4.79 Å². The summed E-state index contributed by atoms with van der Waals surface area (Å²) in [6.45, 7) is 1.47. The lowest BCUT2D eigenvalue weighted by molar-refractivity contribution is -0.114. The van der Waals surface area contributed by atoms with Crippen LogP contribution >= 0.6 is 23.5 Å². The summed E-state index contributed by atoms with van der Waals surface area (Å²) < 4.78 is 3.22. The van der Waals surface area contributed by atoms with Crippen LogP contribution in [-0.4, -0.2) is 11.7 Å². The molecule has 0 spiro atoms. The Hall–Kier alpha value is -2.76. The summed E-state index contributed by atoms with van der Waals surface area (Å²) in [7, 11) is 0. The number of carbonyl (C=O) groups is 2. The van der Waals surface area contributed by atoms with Gasteiger partial charge in [0.05, 0.1) is 5.69 Å². The van der Waals surface area contributed by atoms with Crippen molar-refractivity contribution in [2.45, 2.75) is 11.8 Å². The highest BCUT2D eigenvalue weighted by Gasteiger charge is 2.14. The van der Waals surface area contributed by atoms with E-state index in [-0.39, 0.29) is 11.7 Å². The molecule has 0 aliphatic heterocycles. The monoisotopic (exact) mass is 396 g/mol. The van der Waals surface area contributed by atoms with Crippen molar-refractivity contribution in [2.75, 3.05) is 10.0 Å². The summed E-state index contributed by atoms with van der Waals surface area (Å²) in [5, 5.41) is 3.23. The lowest BCUT2D eigenvalue weighted by atomic mass is 10.0. The zero-order chi connectivity index (χ0) is 19.2. The number of hydrogen-bond acceptors (Lipinski definition) is 4. The average Bonchev–Trinajstić information content (AvgIpc) is 2.68. The zero-order valence-electron chi connectivity index (χ0n) is 14.5. The molecule has 0 unspecified atom stereocenters. The standard InChI is InChI=1S/C21H17ClN2O2S/c1-14(25)23-17-8-10-18(11-9-17)27-24-20-12-7-16(22)13-19(20)21(26)15-5-3-2-4-6-15/h2-13,24H,1H3,(H,23,25). The van der Waals surface area contributed by atoms with Crippen molar-refractivity contribution in [3.05, 3.63) is 88.9 Å². The van der Waals surface area contributed by atoms with Crippen molar-refractivity contribution < 1.29 is 9.59 Å². The lowest BCUT2D eigenvalue weighted by Crippen LogP contribution is -2.05. The van der Waals surface area contributed by atoms with E-state index in [9.17, 15) is 9.59 Å². The first-order valence-electron chi connectivity index (χ1n) is 8.23. The summed E-state index contributed by atoms with van der Waals surface area (Å²) >= 11 is 7.48. The predicted octanol–water partition coefficient (Wildman–Crippen LogP) is 5.65. The Bertz CT molecular complexity index is 960. The van der Waals surface area contributed by atoms with Crippen LogP contribution in [0, 0.1) is 0 Å². The molecular weight excluding hydrogens is 380 g/mol. The Morgan fingerprint density at radius 3 is 2.30 bits per heavy atom. The van der Waals surface area contributed by atoms with E-state index in [0.29, 0.717) is 21.8 Å². The van der Waals surface area contributed by atoms with Crippen molar-refractivity contribution in [3.63, 3.8) is 0 Å². The zero-order valence-corrected chi connectivity index (χ0v) is 16.1. The van der Waals surface area contributed by atoms with Crippen molar-refractivity contribution in [1.29, 1.82) is 0 Å². The molecule has 0 saturated heterocycles. The van der Waals surface area contributed by atoms with Crippen LogP contribution in [0.3, 0.4) is 0 Å². The van der Waals surface area contributed by atoms with Crippen LogP contribution in [0.25, 0.3) is 0 Å². The van der Waals surface area contributed by atoms with Crippen LogP contribution < -0.4 is 10.0 Å². The van der Waals surface area contributed by atoms with E-state index in [1.807, 2.05) is 42.5 Å². The normalized spacial score (nSPS) is 10.3. The van der Waals surface area contributed by atoms with E-state index >= 15 is 0 Å². The first-order valence-corrected chi connectivity index (χ1v) is 9.42. The molecule has 0 aliphatic carbocycles. The maximum atomic E-state index is 12.8. The number of benzene rings is 3. The highest BCUT2D eigenvalue weighted by atomic mass is 35.5. The van der Waals surface area contributed by atoms with Crippen LogP contribution in [0.15, 0.2) is 77.7 Å². The summed E-state index contributed by atoms with van der Waals surface area (Å²) in [4.78, 5) is 24.9. The molecule has 3 rings (SSSR count). The van der Waals surface area contributed by atoms with Crippen molar-refractivity contribution in [2.24, 2.45) is 0 Å². The molecule has 136 valence electrons. The molecule has 0 atom stereocenters. The average molecular weight is 397 g/mol. The fraction of sp³-hybridized carbons (Fsp3) is 0.0476. The number of carbonyl (C=O) groups excluding carboxylic acids is 2. The minimum Gasteiger partial charge on any atom is -0.326 e. The maximum Gasteiger partial charge on any atom is 0.221 e. The van der Waals surface area contributed by atoms with Gasteiger partial charge >= 0.3 is 0 Å². The number of nitrogens with one attached hydrogen (secondary N) is 2. The van der Waals surface area contributed by atoms with E-state index in [1.165, 1.54) is 18.9 Å². The van der Waals surface area contributed by atoms with E-state index in [0.717, 1.165) is 10.6 Å². The largest absolute Gasteiger partial charge is 0.326 e. The second-order valence-corrected chi connectivity index (χ2v) is 7.11. The number of ketones is 1. The molecule has 1 amide bonds. The first kappa shape index (κ1) is 19.0. The van der Waals surface area contributed by atoms with Gasteiger partial charge in [-0.25, -0.2) is 0 Å². The van der Waals surface area contributed by atoms with Gasteiger partial charge in [-0.1, -0.05) is 41.9 Å². The van der Waals surface area contributed by atoms with Crippen LogP contribution in [0.2, 0.25) is 5.02 Å². The quantitative estimate of drug-likeness (QED) is 0.417. The molecule has 0 aromatic heterocycles. The molecule has 6 heteroatoms. The highest BCUT2D eigenvalue weighted by Crippen LogP contribution is 2.28. The van der Waals surface area contributed by atoms with Gasteiger partial charge in [0.2, 0.25) is 5.91 Å². The topological polar surface area (TPSA) is 58.2 Å². The number of anilines is 2. The Kier molecular flexibility index (Phi) is 6.16. The smallest absolute Gasteiger partial charge is 0.221 e. The molecule has 0 aliphatic rings. The van der Waals surface area contributed by atoms with Gasteiger partial charge in [-0.3, -0.25) is 9.59 Å². The van der Waals surface area contributed by atoms with Gasteiger partial charge < -0.3 is 10.0 Å². The number of halogens is 1. The molecule has 0 heterocycles. The van der Waals surface area contributed by atoms with Crippen LogP contribution in [0.5, 0.6) is 0 Å². The van der Waals surface area contributed by atoms with Gasteiger partial charge in [0.15, 0.2) is 5.78 Å². The molecule has 0 radical (unpaired) electrons. The third kappa shape index (κ3) is 5.12. The second kappa shape index (κ2) is 8.75. The fourth-order valence-electron chi connectivity index (χ4n) is 2.46. The molecule has 0 saturated carbocycles. The van der Waals surface area contributed by atoms with Gasteiger partial charge in [-0.15, -0.1) is 0 Å². The van der Waals surface area contributed by atoms with Crippen molar-refractivity contribution >= 4 is 46.6 Å². The molecule has 2 N–H and O–H groups in total. The molecule has 3 aromatic rings. The third-order valence-corrected chi connectivity index (χ3v) is 4.78. The molecule has 27 heavy (non-hydrogen) atoms.